The number of carbonyl (C=O) groups is 1. The van der Waals surface area contributed by atoms with Gasteiger partial charge in [-0.05, 0) is 17.5 Å². The van der Waals surface area contributed by atoms with E-state index in [0.717, 1.165) is 4.88 Å². The smallest absolute Gasteiger partial charge is 0.258 e. The minimum absolute atomic E-state index is 0.0448. The Kier molecular flexibility index (Phi) is 4.42. The molecule has 3 aromatic rings. The molecule has 0 saturated carbocycles. The highest BCUT2D eigenvalue weighted by atomic mass is 32.1. The summed E-state index contributed by atoms with van der Waals surface area (Å²) in [6.07, 6.45) is 5.26. The number of hydrogen-bond donors (Lipinski definition) is 1. The molecule has 3 aromatic heterocycles. The van der Waals surface area contributed by atoms with Crippen molar-refractivity contribution in [1.29, 1.82) is 0 Å². The van der Waals surface area contributed by atoms with E-state index in [1.165, 1.54) is 7.11 Å². The fourth-order valence-corrected chi connectivity index (χ4v) is 3.15. The lowest BCUT2D eigenvalue weighted by Gasteiger charge is -2.17. The Labute approximate surface area is 137 Å². The SMILES string of the molecule is COc1nn(C)cc1C(=O)NC[C@@H](c1cccs1)n1cccn1. The van der Waals surface area contributed by atoms with E-state index in [-0.39, 0.29) is 11.9 Å². The standard InChI is InChI=1S/C15H17N5O2S/c1-19-10-11(15(18-19)22-2)14(21)16-9-12(13-5-3-8-23-13)20-7-4-6-17-20/h3-8,10,12H,9H2,1-2H3,(H,16,21)/t12-/m0/s1. The van der Waals surface area contributed by atoms with Gasteiger partial charge in [-0.3, -0.25) is 14.2 Å². The summed E-state index contributed by atoms with van der Waals surface area (Å²) in [6.45, 7) is 0.430. The van der Waals surface area contributed by atoms with Gasteiger partial charge < -0.3 is 10.1 Å². The fourth-order valence-electron chi connectivity index (χ4n) is 2.33. The molecule has 1 N–H and O–H groups in total. The Bertz CT molecular complexity index is 730. The molecule has 1 atom stereocenters. The third-order valence-electron chi connectivity index (χ3n) is 3.40. The molecule has 7 nitrogen and oxygen atoms in total. The number of amides is 1. The monoisotopic (exact) mass is 331 g/mol. The van der Waals surface area contributed by atoms with Crippen LogP contribution in [0.4, 0.5) is 0 Å². The van der Waals surface area contributed by atoms with Crippen LogP contribution in [0.5, 0.6) is 5.88 Å². The maximum absolute atomic E-state index is 12.4. The highest BCUT2D eigenvalue weighted by Crippen LogP contribution is 2.22. The van der Waals surface area contributed by atoms with Crippen molar-refractivity contribution in [3.8, 4) is 5.88 Å². The van der Waals surface area contributed by atoms with E-state index in [1.807, 2.05) is 34.5 Å². The third-order valence-corrected chi connectivity index (χ3v) is 4.38. The molecule has 3 rings (SSSR count). The Morgan fingerprint density at radius 2 is 2.35 bits per heavy atom. The maximum atomic E-state index is 12.4. The number of methoxy groups -OCH3 is 1. The molecule has 23 heavy (non-hydrogen) atoms. The Morgan fingerprint density at radius 3 is 3.00 bits per heavy atom. The zero-order valence-electron chi connectivity index (χ0n) is 12.8. The maximum Gasteiger partial charge on any atom is 0.258 e. The first-order valence-electron chi connectivity index (χ1n) is 7.07. The van der Waals surface area contributed by atoms with Crippen molar-refractivity contribution in [2.24, 2.45) is 7.05 Å². The minimum atomic E-state index is -0.219. The molecule has 0 spiro atoms. The Morgan fingerprint density at radius 1 is 1.48 bits per heavy atom. The first kappa shape index (κ1) is 15.3. The van der Waals surface area contributed by atoms with Gasteiger partial charge in [0.1, 0.15) is 11.6 Å². The molecule has 0 saturated heterocycles. The van der Waals surface area contributed by atoms with E-state index in [2.05, 4.69) is 15.5 Å². The van der Waals surface area contributed by atoms with Crippen LogP contribution in [0.15, 0.2) is 42.2 Å². The highest BCUT2D eigenvalue weighted by Gasteiger charge is 2.20. The second-order valence-corrected chi connectivity index (χ2v) is 5.93. The number of aryl methyl sites for hydroxylation is 1. The summed E-state index contributed by atoms with van der Waals surface area (Å²) in [5, 5.41) is 13.3. The van der Waals surface area contributed by atoms with Gasteiger partial charge in [0.25, 0.3) is 5.91 Å². The predicted octanol–water partition coefficient (Wildman–Crippen LogP) is 1.71. The van der Waals surface area contributed by atoms with Crippen LogP contribution in [0, 0.1) is 0 Å². The number of rotatable bonds is 6. The van der Waals surface area contributed by atoms with Crippen molar-refractivity contribution < 1.29 is 9.53 Å². The number of nitrogens with one attached hydrogen (secondary N) is 1. The summed E-state index contributed by atoms with van der Waals surface area (Å²) in [6, 6.07) is 5.85. The number of hydrogen-bond acceptors (Lipinski definition) is 5. The number of nitrogens with zero attached hydrogens (tertiary/aromatic N) is 4. The van der Waals surface area contributed by atoms with Gasteiger partial charge in [-0.25, -0.2) is 0 Å². The van der Waals surface area contributed by atoms with Gasteiger partial charge in [-0.1, -0.05) is 6.07 Å². The summed E-state index contributed by atoms with van der Waals surface area (Å²) in [4.78, 5) is 13.5. The van der Waals surface area contributed by atoms with Crippen molar-refractivity contribution in [3.05, 3.63) is 52.6 Å². The summed E-state index contributed by atoms with van der Waals surface area (Å²) in [5.74, 6) is 0.0976. The molecule has 0 aromatic carbocycles. The van der Waals surface area contributed by atoms with Gasteiger partial charge in [-0.2, -0.15) is 5.10 Å². The zero-order valence-corrected chi connectivity index (χ0v) is 13.7. The van der Waals surface area contributed by atoms with Gasteiger partial charge in [0.2, 0.25) is 5.88 Å². The largest absolute Gasteiger partial charge is 0.479 e. The van der Waals surface area contributed by atoms with Gasteiger partial charge in [-0.15, -0.1) is 16.4 Å². The van der Waals surface area contributed by atoms with Crippen LogP contribution in [0.25, 0.3) is 0 Å². The molecule has 0 aliphatic carbocycles. The van der Waals surface area contributed by atoms with E-state index in [1.54, 1.807) is 35.5 Å². The van der Waals surface area contributed by atoms with Gasteiger partial charge in [0.15, 0.2) is 0 Å². The van der Waals surface area contributed by atoms with Crippen LogP contribution in [-0.4, -0.2) is 39.1 Å². The molecule has 0 unspecified atom stereocenters. The number of carbonyl (C=O) groups excluding carboxylic acids is 1. The lowest BCUT2D eigenvalue weighted by atomic mass is 10.2. The summed E-state index contributed by atoms with van der Waals surface area (Å²) in [5.41, 5.74) is 0.417. The van der Waals surface area contributed by atoms with E-state index in [4.69, 9.17) is 4.74 Å². The van der Waals surface area contributed by atoms with Crippen molar-refractivity contribution in [1.82, 2.24) is 24.9 Å². The number of ether oxygens (including phenoxy) is 1. The van der Waals surface area contributed by atoms with Crippen LogP contribution in [0.1, 0.15) is 21.3 Å². The molecular weight excluding hydrogens is 314 g/mol. The molecule has 1 amide bonds. The van der Waals surface area contributed by atoms with Crippen LogP contribution in [-0.2, 0) is 7.05 Å². The van der Waals surface area contributed by atoms with Crippen molar-refractivity contribution in [3.63, 3.8) is 0 Å². The fraction of sp³-hybridized carbons (Fsp3) is 0.267. The molecule has 120 valence electrons. The first-order valence-corrected chi connectivity index (χ1v) is 7.95. The van der Waals surface area contributed by atoms with Gasteiger partial charge in [0, 0.05) is 37.1 Å². The molecular formula is C15H17N5O2S. The van der Waals surface area contributed by atoms with E-state index in [9.17, 15) is 4.79 Å². The van der Waals surface area contributed by atoms with E-state index in [0.29, 0.717) is 18.0 Å². The normalized spacial score (nSPS) is 12.1. The number of thiophene rings is 1. The summed E-state index contributed by atoms with van der Waals surface area (Å²) >= 11 is 1.64. The topological polar surface area (TPSA) is 74.0 Å². The Hall–Kier alpha value is -2.61. The van der Waals surface area contributed by atoms with Gasteiger partial charge >= 0.3 is 0 Å². The van der Waals surface area contributed by atoms with Crippen LogP contribution >= 0.6 is 11.3 Å². The predicted molar refractivity (Wildman–Crippen MR) is 86.8 cm³/mol. The molecule has 0 radical (unpaired) electrons. The molecule has 0 aliphatic rings. The Balaban J connectivity index is 1.75. The first-order chi connectivity index (χ1) is 11.2. The zero-order chi connectivity index (χ0) is 16.2. The average molecular weight is 331 g/mol. The molecule has 0 bridgehead atoms. The average Bonchev–Trinajstić information content (AvgIpc) is 3.28. The van der Waals surface area contributed by atoms with Crippen LogP contribution < -0.4 is 10.1 Å². The van der Waals surface area contributed by atoms with Crippen LogP contribution in [0.3, 0.4) is 0 Å². The lowest BCUT2D eigenvalue weighted by molar-refractivity contribution is 0.0946. The highest BCUT2D eigenvalue weighted by molar-refractivity contribution is 7.10. The number of aromatic nitrogens is 4. The van der Waals surface area contributed by atoms with Crippen molar-refractivity contribution in [2.45, 2.75) is 6.04 Å². The van der Waals surface area contributed by atoms with Crippen molar-refractivity contribution >= 4 is 17.2 Å². The van der Waals surface area contributed by atoms with Crippen LogP contribution in [0.2, 0.25) is 0 Å². The quantitative estimate of drug-likeness (QED) is 0.746. The van der Waals surface area contributed by atoms with Gasteiger partial charge in [0.05, 0.1) is 7.11 Å². The third kappa shape index (κ3) is 3.26. The summed E-state index contributed by atoms with van der Waals surface area (Å²) in [7, 11) is 3.24. The van der Waals surface area contributed by atoms with Crippen molar-refractivity contribution in [2.75, 3.05) is 13.7 Å². The van der Waals surface area contributed by atoms with E-state index >= 15 is 0 Å². The second-order valence-electron chi connectivity index (χ2n) is 4.95. The van der Waals surface area contributed by atoms with E-state index < -0.39 is 0 Å². The minimum Gasteiger partial charge on any atom is -0.479 e. The molecule has 0 aliphatic heterocycles. The lowest BCUT2D eigenvalue weighted by Crippen LogP contribution is -2.31. The second kappa shape index (κ2) is 6.66. The summed E-state index contributed by atoms with van der Waals surface area (Å²) < 4.78 is 8.52. The molecule has 3 heterocycles. The molecule has 0 fully saturated rings. The molecule has 8 heteroatoms.